The molecule has 92 valence electrons. The molecule has 1 heterocycles. The summed E-state index contributed by atoms with van der Waals surface area (Å²) in [4.78, 5) is 13.3. The van der Waals surface area contributed by atoms with Crippen LogP contribution in [0.15, 0.2) is 18.2 Å². The van der Waals surface area contributed by atoms with Crippen LogP contribution in [-0.2, 0) is 0 Å². The summed E-state index contributed by atoms with van der Waals surface area (Å²) in [5.74, 6) is -2.34. The van der Waals surface area contributed by atoms with Gasteiger partial charge in [-0.15, -0.1) is 0 Å². The number of hydrogen-bond donors (Lipinski definition) is 1. The second-order valence-electron chi connectivity index (χ2n) is 4.12. The third-order valence-electron chi connectivity index (χ3n) is 2.93. The van der Waals surface area contributed by atoms with E-state index in [9.17, 15) is 18.7 Å². The fourth-order valence-corrected chi connectivity index (χ4v) is 1.93. The minimum absolute atomic E-state index is 0.327. The summed E-state index contributed by atoms with van der Waals surface area (Å²) in [5, 5.41) is 9.30. The number of carbonyl (C=O) groups excluding carboxylic acids is 1. The molecule has 1 aromatic rings. The Morgan fingerprint density at radius 3 is 2.29 bits per heavy atom. The minimum Gasteiger partial charge on any atom is -0.393 e. The standard InChI is InChI=1S/C12H13F2NO2/c13-9-2-1-3-10(14)11(9)12(17)15-6-4-8(16)5-7-15/h1-3,8,16H,4-7H2. The molecular formula is C12H13F2NO2. The first-order valence-electron chi connectivity index (χ1n) is 5.51. The highest BCUT2D eigenvalue weighted by Gasteiger charge is 2.26. The van der Waals surface area contributed by atoms with Crippen molar-refractivity contribution in [3.05, 3.63) is 35.4 Å². The van der Waals surface area contributed by atoms with Gasteiger partial charge >= 0.3 is 0 Å². The molecule has 0 saturated carbocycles. The maximum atomic E-state index is 13.4. The lowest BCUT2D eigenvalue weighted by Crippen LogP contribution is -2.40. The van der Waals surface area contributed by atoms with Crippen LogP contribution in [0, 0.1) is 11.6 Å². The van der Waals surface area contributed by atoms with E-state index in [1.807, 2.05) is 0 Å². The average molecular weight is 241 g/mol. The van der Waals surface area contributed by atoms with E-state index < -0.39 is 29.2 Å². The Morgan fingerprint density at radius 2 is 1.76 bits per heavy atom. The number of aliphatic hydroxyl groups is 1. The summed E-state index contributed by atoms with van der Waals surface area (Å²) in [7, 11) is 0. The Kier molecular flexibility index (Phi) is 3.38. The van der Waals surface area contributed by atoms with Gasteiger partial charge in [-0.3, -0.25) is 4.79 Å². The number of aliphatic hydroxyl groups excluding tert-OH is 1. The molecule has 1 aromatic carbocycles. The number of benzene rings is 1. The zero-order valence-electron chi connectivity index (χ0n) is 9.20. The van der Waals surface area contributed by atoms with Gasteiger partial charge < -0.3 is 10.0 Å². The maximum Gasteiger partial charge on any atom is 0.259 e. The van der Waals surface area contributed by atoms with Crippen molar-refractivity contribution in [3.8, 4) is 0 Å². The number of carbonyl (C=O) groups is 1. The molecule has 0 bridgehead atoms. The van der Waals surface area contributed by atoms with E-state index >= 15 is 0 Å². The van der Waals surface area contributed by atoms with Crippen molar-refractivity contribution in [2.75, 3.05) is 13.1 Å². The molecule has 2 rings (SSSR count). The molecule has 0 radical (unpaired) electrons. The summed E-state index contributed by atoms with van der Waals surface area (Å²) in [6, 6.07) is 3.35. The van der Waals surface area contributed by atoms with Crippen molar-refractivity contribution in [1.82, 2.24) is 4.90 Å². The molecule has 0 aromatic heterocycles. The number of piperidine rings is 1. The predicted molar refractivity (Wildman–Crippen MR) is 57.5 cm³/mol. The number of halogens is 2. The number of nitrogens with zero attached hydrogens (tertiary/aromatic N) is 1. The molecular weight excluding hydrogens is 228 g/mol. The van der Waals surface area contributed by atoms with Gasteiger partial charge in [0, 0.05) is 13.1 Å². The second kappa shape index (κ2) is 4.79. The van der Waals surface area contributed by atoms with Crippen molar-refractivity contribution < 1.29 is 18.7 Å². The summed E-state index contributed by atoms with van der Waals surface area (Å²) in [6.45, 7) is 0.654. The van der Waals surface area contributed by atoms with E-state index in [0.29, 0.717) is 25.9 Å². The highest BCUT2D eigenvalue weighted by atomic mass is 19.1. The molecule has 0 aliphatic carbocycles. The predicted octanol–water partition coefficient (Wildman–Crippen LogP) is 1.56. The summed E-state index contributed by atoms with van der Waals surface area (Å²) in [6.07, 6.45) is 0.466. The van der Waals surface area contributed by atoms with Gasteiger partial charge in [-0.05, 0) is 25.0 Å². The number of likely N-dealkylation sites (tertiary alicyclic amines) is 1. The van der Waals surface area contributed by atoms with Crippen LogP contribution in [0.4, 0.5) is 8.78 Å². The first-order chi connectivity index (χ1) is 8.09. The maximum absolute atomic E-state index is 13.4. The first-order valence-corrected chi connectivity index (χ1v) is 5.51. The minimum atomic E-state index is -0.846. The van der Waals surface area contributed by atoms with Gasteiger partial charge in [0.25, 0.3) is 5.91 Å². The van der Waals surface area contributed by atoms with E-state index in [-0.39, 0.29) is 0 Å². The lowest BCUT2D eigenvalue weighted by molar-refractivity contribution is 0.0538. The van der Waals surface area contributed by atoms with Crippen molar-refractivity contribution in [2.24, 2.45) is 0 Å². The highest BCUT2D eigenvalue weighted by molar-refractivity contribution is 5.94. The van der Waals surface area contributed by atoms with E-state index in [2.05, 4.69) is 0 Å². The molecule has 3 nitrogen and oxygen atoms in total. The van der Waals surface area contributed by atoms with Gasteiger partial charge in [0.15, 0.2) is 0 Å². The average Bonchev–Trinajstić information content (AvgIpc) is 2.29. The summed E-state index contributed by atoms with van der Waals surface area (Å²) < 4.78 is 26.8. The van der Waals surface area contributed by atoms with Crippen molar-refractivity contribution >= 4 is 5.91 Å². The third-order valence-corrected chi connectivity index (χ3v) is 2.93. The Morgan fingerprint density at radius 1 is 1.24 bits per heavy atom. The molecule has 0 unspecified atom stereocenters. The molecule has 1 aliphatic rings. The number of rotatable bonds is 1. The zero-order valence-corrected chi connectivity index (χ0v) is 9.20. The van der Waals surface area contributed by atoms with Crippen LogP contribution in [0.25, 0.3) is 0 Å². The van der Waals surface area contributed by atoms with Crippen LogP contribution >= 0.6 is 0 Å². The van der Waals surface area contributed by atoms with Crippen molar-refractivity contribution in [2.45, 2.75) is 18.9 Å². The number of hydrogen-bond acceptors (Lipinski definition) is 2. The molecule has 17 heavy (non-hydrogen) atoms. The van der Waals surface area contributed by atoms with Crippen molar-refractivity contribution in [3.63, 3.8) is 0 Å². The quantitative estimate of drug-likeness (QED) is 0.810. The Balaban J connectivity index is 2.20. The van der Waals surface area contributed by atoms with Gasteiger partial charge in [0.05, 0.1) is 6.10 Å². The lowest BCUT2D eigenvalue weighted by atomic mass is 10.1. The molecule has 5 heteroatoms. The Bertz CT molecular complexity index is 408. The first kappa shape index (κ1) is 12.0. The molecule has 1 fully saturated rings. The second-order valence-corrected chi connectivity index (χ2v) is 4.12. The van der Waals surface area contributed by atoms with Crippen LogP contribution in [-0.4, -0.2) is 35.1 Å². The van der Waals surface area contributed by atoms with Crippen molar-refractivity contribution in [1.29, 1.82) is 0 Å². The largest absolute Gasteiger partial charge is 0.393 e. The van der Waals surface area contributed by atoms with E-state index in [4.69, 9.17) is 0 Å². The molecule has 1 aliphatic heterocycles. The monoisotopic (exact) mass is 241 g/mol. The van der Waals surface area contributed by atoms with Crippen LogP contribution in [0.1, 0.15) is 23.2 Å². The van der Waals surface area contributed by atoms with E-state index in [1.54, 1.807) is 0 Å². The summed E-state index contributed by atoms with van der Waals surface area (Å²) >= 11 is 0. The highest BCUT2D eigenvalue weighted by Crippen LogP contribution is 2.18. The van der Waals surface area contributed by atoms with E-state index in [1.165, 1.54) is 11.0 Å². The molecule has 1 N–H and O–H groups in total. The van der Waals surface area contributed by atoms with Crippen LogP contribution in [0.5, 0.6) is 0 Å². The fourth-order valence-electron chi connectivity index (χ4n) is 1.93. The normalized spacial score (nSPS) is 17.2. The SMILES string of the molecule is O=C(c1c(F)cccc1F)N1CCC(O)CC1. The zero-order chi connectivity index (χ0) is 12.4. The molecule has 0 atom stereocenters. The Hall–Kier alpha value is -1.49. The van der Waals surface area contributed by atoms with Gasteiger partial charge in [-0.2, -0.15) is 0 Å². The fraction of sp³-hybridized carbons (Fsp3) is 0.417. The third kappa shape index (κ3) is 2.44. The van der Waals surface area contributed by atoms with Gasteiger partial charge in [0.1, 0.15) is 17.2 Å². The van der Waals surface area contributed by atoms with Crippen LogP contribution < -0.4 is 0 Å². The van der Waals surface area contributed by atoms with Gasteiger partial charge in [-0.1, -0.05) is 6.07 Å². The van der Waals surface area contributed by atoms with Crippen LogP contribution in [0.3, 0.4) is 0 Å². The lowest BCUT2D eigenvalue weighted by Gasteiger charge is -2.29. The smallest absolute Gasteiger partial charge is 0.259 e. The van der Waals surface area contributed by atoms with E-state index in [0.717, 1.165) is 12.1 Å². The molecule has 1 amide bonds. The summed E-state index contributed by atoms with van der Waals surface area (Å²) in [5.41, 5.74) is -0.510. The molecule has 0 spiro atoms. The van der Waals surface area contributed by atoms with Crippen LogP contribution in [0.2, 0.25) is 0 Å². The van der Waals surface area contributed by atoms with Gasteiger partial charge in [0.2, 0.25) is 0 Å². The number of amides is 1. The topological polar surface area (TPSA) is 40.5 Å². The van der Waals surface area contributed by atoms with Gasteiger partial charge in [-0.25, -0.2) is 8.78 Å². The molecule has 1 saturated heterocycles. The Labute approximate surface area is 97.7 Å².